The summed E-state index contributed by atoms with van der Waals surface area (Å²) in [5.41, 5.74) is 6.60. The third kappa shape index (κ3) is 3.75. The van der Waals surface area contributed by atoms with Crippen molar-refractivity contribution in [3.8, 4) is 0 Å². The zero-order valence-electron chi connectivity index (χ0n) is 10.6. The van der Waals surface area contributed by atoms with Crippen molar-refractivity contribution in [2.75, 3.05) is 13.6 Å². The molecule has 2 N–H and O–H groups in total. The van der Waals surface area contributed by atoms with Gasteiger partial charge >= 0.3 is 0 Å². The van der Waals surface area contributed by atoms with Crippen LogP contribution >= 0.6 is 0 Å². The highest BCUT2D eigenvalue weighted by Gasteiger charge is 2.14. The Morgan fingerprint density at radius 3 is 2.47 bits per heavy atom. The van der Waals surface area contributed by atoms with E-state index in [1.807, 2.05) is 7.05 Å². The summed E-state index contributed by atoms with van der Waals surface area (Å²) in [7, 11) is 1.98. The predicted octanol–water partition coefficient (Wildman–Crippen LogP) is 2.69. The zero-order chi connectivity index (χ0) is 13.0. The summed E-state index contributed by atoms with van der Waals surface area (Å²) in [5, 5.41) is 0. The van der Waals surface area contributed by atoms with Crippen LogP contribution in [0.15, 0.2) is 18.2 Å². The summed E-state index contributed by atoms with van der Waals surface area (Å²) in [4.78, 5) is 2.12. The summed E-state index contributed by atoms with van der Waals surface area (Å²) >= 11 is 0. The van der Waals surface area contributed by atoms with Gasteiger partial charge in [-0.3, -0.25) is 0 Å². The molecule has 0 bridgehead atoms. The molecule has 1 aromatic rings. The van der Waals surface area contributed by atoms with Crippen LogP contribution in [0.25, 0.3) is 0 Å². The molecule has 2 atom stereocenters. The molecule has 0 aliphatic heterocycles. The molecule has 0 saturated heterocycles. The van der Waals surface area contributed by atoms with Crippen molar-refractivity contribution in [2.45, 2.75) is 32.4 Å². The maximum absolute atomic E-state index is 13.1. The quantitative estimate of drug-likeness (QED) is 0.860. The Labute approximate surface area is 101 Å². The largest absolute Gasteiger partial charge is 0.323 e. The van der Waals surface area contributed by atoms with Gasteiger partial charge in [-0.2, -0.15) is 0 Å². The lowest BCUT2D eigenvalue weighted by Crippen LogP contribution is -2.35. The molecule has 4 heteroatoms. The van der Waals surface area contributed by atoms with Crippen LogP contribution in [0.5, 0.6) is 0 Å². The Kier molecular flexibility index (Phi) is 5.02. The molecule has 0 spiro atoms. The van der Waals surface area contributed by atoms with Gasteiger partial charge in [0.2, 0.25) is 0 Å². The molecule has 0 radical (unpaired) electrons. The lowest BCUT2D eigenvalue weighted by molar-refractivity contribution is 0.237. The summed E-state index contributed by atoms with van der Waals surface area (Å²) in [6, 6.07) is 3.95. The zero-order valence-corrected chi connectivity index (χ0v) is 10.6. The van der Waals surface area contributed by atoms with Gasteiger partial charge in [0.15, 0.2) is 11.6 Å². The molecule has 0 heterocycles. The van der Waals surface area contributed by atoms with Crippen molar-refractivity contribution < 1.29 is 8.78 Å². The molecule has 2 nitrogen and oxygen atoms in total. The van der Waals surface area contributed by atoms with E-state index in [-0.39, 0.29) is 6.04 Å². The molecular formula is C13H20F2N2. The smallest absolute Gasteiger partial charge is 0.159 e. The number of hydrogen-bond donors (Lipinski definition) is 1. The minimum absolute atomic E-state index is 0.302. The van der Waals surface area contributed by atoms with Crippen molar-refractivity contribution in [2.24, 2.45) is 5.73 Å². The average Bonchev–Trinajstić information content (AvgIpc) is 2.31. The molecule has 17 heavy (non-hydrogen) atoms. The molecule has 1 aromatic carbocycles. The lowest BCUT2D eigenvalue weighted by atomic mass is 10.1. The topological polar surface area (TPSA) is 29.3 Å². The minimum Gasteiger partial charge on any atom is -0.323 e. The van der Waals surface area contributed by atoms with Crippen LogP contribution in [0.2, 0.25) is 0 Å². The van der Waals surface area contributed by atoms with E-state index in [0.717, 1.165) is 12.5 Å². The van der Waals surface area contributed by atoms with Crippen LogP contribution in [0.1, 0.15) is 31.9 Å². The van der Waals surface area contributed by atoms with Gasteiger partial charge in [0.1, 0.15) is 0 Å². The highest BCUT2D eigenvalue weighted by molar-refractivity contribution is 5.21. The first kappa shape index (κ1) is 14.1. The van der Waals surface area contributed by atoms with Crippen molar-refractivity contribution >= 4 is 0 Å². The maximum Gasteiger partial charge on any atom is 0.159 e. The van der Waals surface area contributed by atoms with E-state index < -0.39 is 11.6 Å². The third-order valence-electron chi connectivity index (χ3n) is 3.20. The van der Waals surface area contributed by atoms with E-state index >= 15 is 0 Å². The van der Waals surface area contributed by atoms with Crippen molar-refractivity contribution in [1.82, 2.24) is 4.90 Å². The van der Waals surface area contributed by atoms with Gasteiger partial charge in [0.25, 0.3) is 0 Å². The molecular weight excluding hydrogens is 222 g/mol. The van der Waals surface area contributed by atoms with Gasteiger partial charge in [-0.1, -0.05) is 13.0 Å². The number of halogens is 2. The molecule has 0 aliphatic carbocycles. The Morgan fingerprint density at radius 1 is 1.29 bits per heavy atom. The number of nitrogens with two attached hydrogens (primary N) is 1. The van der Waals surface area contributed by atoms with Gasteiger partial charge < -0.3 is 10.6 Å². The van der Waals surface area contributed by atoms with E-state index in [9.17, 15) is 8.78 Å². The van der Waals surface area contributed by atoms with Crippen LogP contribution in [-0.2, 0) is 0 Å². The molecule has 0 amide bonds. The highest BCUT2D eigenvalue weighted by atomic mass is 19.2. The fourth-order valence-corrected chi connectivity index (χ4v) is 1.65. The molecule has 1 rings (SSSR count). The SMILES string of the molecule is CCC(C)N(C)CC(N)c1ccc(F)c(F)c1. The van der Waals surface area contributed by atoms with E-state index in [1.54, 1.807) is 0 Å². The van der Waals surface area contributed by atoms with Gasteiger partial charge in [-0.15, -0.1) is 0 Å². The number of benzene rings is 1. The second-order valence-corrected chi connectivity index (χ2v) is 4.48. The van der Waals surface area contributed by atoms with E-state index in [2.05, 4.69) is 18.7 Å². The number of hydrogen-bond acceptors (Lipinski definition) is 2. The Balaban J connectivity index is 2.69. The normalized spacial score (nSPS) is 15.0. The summed E-state index contributed by atoms with van der Waals surface area (Å²) in [6.07, 6.45) is 1.03. The fourth-order valence-electron chi connectivity index (χ4n) is 1.65. The van der Waals surface area contributed by atoms with Crippen molar-refractivity contribution in [3.05, 3.63) is 35.4 Å². The Bertz CT molecular complexity index is 368. The van der Waals surface area contributed by atoms with Crippen LogP contribution in [-0.4, -0.2) is 24.5 Å². The van der Waals surface area contributed by atoms with Gasteiger partial charge in [-0.05, 0) is 38.1 Å². The minimum atomic E-state index is -0.843. The van der Waals surface area contributed by atoms with Crippen molar-refractivity contribution in [3.63, 3.8) is 0 Å². The summed E-state index contributed by atoms with van der Waals surface area (Å²) < 4.78 is 25.8. The van der Waals surface area contributed by atoms with Gasteiger partial charge in [0.05, 0.1) is 0 Å². The van der Waals surface area contributed by atoms with E-state index in [1.165, 1.54) is 12.1 Å². The number of likely N-dealkylation sites (N-methyl/N-ethyl adjacent to an activating group) is 1. The number of rotatable bonds is 5. The average molecular weight is 242 g/mol. The van der Waals surface area contributed by atoms with Gasteiger partial charge in [-0.25, -0.2) is 8.78 Å². The highest BCUT2D eigenvalue weighted by Crippen LogP contribution is 2.16. The van der Waals surface area contributed by atoms with Crippen LogP contribution < -0.4 is 5.73 Å². The first-order valence-corrected chi connectivity index (χ1v) is 5.86. The molecule has 0 fully saturated rings. The Morgan fingerprint density at radius 2 is 1.94 bits per heavy atom. The second kappa shape index (κ2) is 6.07. The van der Waals surface area contributed by atoms with E-state index in [0.29, 0.717) is 18.2 Å². The summed E-state index contributed by atoms with van der Waals surface area (Å²) in [6.45, 7) is 4.84. The molecule has 96 valence electrons. The molecule has 0 aliphatic rings. The van der Waals surface area contributed by atoms with Crippen LogP contribution in [0, 0.1) is 11.6 Å². The monoisotopic (exact) mass is 242 g/mol. The molecule has 0 saturated carbocycles. The Hall–Kier alpha value is -1.00. The van der Waals surface area contributed by atoms with E-state index in [4.69, 9.17) is 5.73 Å². The molecule has 0 aromatic heterocycles. The summed E-state index contributed by atoms with van der Waals surface area (Å²) in [5.74, 6) is -1.68. The first-order valence-electron chi connectivity index (χ1n) is 5.86. The standard InChI is InChI=1S/C13H20F2N2/c1-4-9(2)17(3)8-13(16)10-5-6-11(14)12(15)7-10/h5-7,9,13H,4,8,16H2,1-3H3. The fraction of sp³-hybridized carbons (Fsp3) is 0.538. The maximum atomic E-state index is 13.1. The van der Waals surface area contributed by atoms with Crippen LogP contribution in [0.4, 0.5) is 8.78 Å². The lowest BCUT2D eigenvalue weighted by Gasteiger charge is -2.26. The van der Waals surface area contributed by atoms with Crippen LogP contribution in [0.3, 0.4) is 0 Å². The molecule has 2 unspecified atom stereocenters. The first-order chi connectivity index (χ1) is 7.95. The van der Waals surface area contributed by atoms with Gasteiger partial charge in [0, 0.05) is 18.6 Å². The number of nitrogens with zero attached hydrogens (tertiary/aromatic N) is 1. The second-order valence-electron chi connectivity index (χ2n) is 4.48. The van der Waals surface area contributed by atoms with Crippen molar-refractivity contribution in [1.29, 1.82) is 0 Å². The predicted molar refractivity (Wildman–Crippen MR) is 65.7 cm³/mol. The third-order valence-corrected chi connectivity index (χ3v) is 3.20.